The Labute approximate surface area is 169 Å². The standard InChI is InChI=1S/C23H21N3O3/c1-2-17-8-10-18(11-9-17)23(28)29-16-22(27)24-19-12-14-21(15-13-19)26-25-20-6-4-3-5-7-20/h3-15H,2,16H2,1H3,(H,24,27). The van der Waals surface area contributed by atoms with Crippen LogP contribution in [0.5, 0.6) is 0 Å². The van der Waals surface area contributed by atoms with E-state index in [9.17, 15) is 9.59 Å². The van der Waals surface area contributed by atoms with Gasteiger partial charge in [0.15, 0.2) is 6.61 Å². The highest BCUT2D eigenvalue weighted by Crippen LogP contribution is 2.20. The molecule has 0 heterocycles. The van der Waals surface area contributed by atoms with Crippen molar-refractivity contribution in [1.29, 1.82) is 0 Å². The van der Waals surface area contributed by atoms with Crippen LogP contribution in [0.2, 0.25) is 0 Å². The third-order valence-electron chi connectivity index (χ3n) is 4.12. The van der Waals surface area contributed by atoms with E-state index >= 15 is 0 Å². The molecule has 0 atom stereocenters. The molecule has 0 aliphatic carbocycles. The van der Waals surface area contributed by atoms with E-state index in [1.54, 1.807) is 36.4 Å². The summed E-state index contributed by atoms with van der Waals surface area (Å²) in [6.45, 7) is 1.68. The van der Waals surface area contributed by atoms with Crippen molar-refractivity contribution in [1.82, 2.24) is 0 Å². The summed E-state index contributed by atoms with van der Waals surface area (Å²) in [5, 5.41) is 11.0. The van der Waals surface area contributed by atoms with Crippen LogP contribution < -0.4 is 5.32 Å². The fraction of sp³-hybridized carbons (Fsp3) is 0.130. The molecule has 6 nitrogen and oxygen atoms in total. The Hall–Kier alpha value is -3.80. The third kappa shape index (κ3) is 6.10. The van der Waals surface area contributed by atoms with Crippen molar-refractivity contribution in [3.05, 3.63) is 90.0 Å². The Balaban J connectivity index is 1.48. The first-order valence-electron chi connectivity index (χ1n) is 9.27. The zero-order valence-electron chi connectivity index (χ0n) is 16.0. The second kappa shape index (κ2) is 9.94. The summed E-state index contributed by atoms with van der Waals surface area (Å²) in [6.07, 6.45) is 0.893. The maximum Gasteiger partial charge on any atom is 0.338 e. The maximum absolute atomic E-state index is 12.0. The molecule has 0 saturated heterocycles. The molecule has 3 aromatic rings. The molecule has 1 N–H and O–H groups in total. The summed E-state index contributed by atoms with van der Waals surface area (Å²) >= 11 is 0. The number of carbonyl (C=O) groups is 2. The van der Waals surface area contributed by atoms with E-state index < -0.39 is 11.9 Å². The molecule has 0 spiro atoms. The monoisotopic (exact) mass is 387 g/mol. The number of hydrogen-bond donors (Lipinski definition) is 1. The number of nitrogens with zero attached hydrogens (tertiary/aromatic N) is 2. The van der Waals surface area contributed by atoms with Gasteiger partial charge in [0.2, 0.25) is 0 Å². The van der Waals surface area contributed by atoms with Gasteiger partial charge in [-0.05, 0) is 60.5 Å². The highest BCUT2D eigenvalue weighted by molar-refractivity contribution is 5.95. The number of amides is 1. The molecule has 0 aliphatic heterocycles. The Morgan fingerprint density at radius 1 is 0.828 bits per heavy atom. The minimum Gasteiger partial charge on any atom is -0.452 e. The van der Waals surface area contributed by atoms with Crippen LogP contribution in [0.15, 0.2) is 89.1 Å². The number of nitrogens with one attached hydrogen (secondary N) is 1. The molecule has 0 aromatic heterocycles. The zero-order chi connectivity index (χ0) is 20.5. The van der Waals surface area contributed by atoms with Gasteiger partial charge in [0.1, 0.15) is 0 Å². The van der Waals surface area contributed by atoms with Crippen LogP contribution in [0, 0.1) is 0 Å². The lowest BCUT2D eigenvalue weighted by molar-refractivity contribution is -0.119. The van der Waals surface area contributed by atoms with Gasteiger partial charge in [-0.3, -0.25) is 4.79 Å². The molecule has 0 aliphatic rings. The molecular weight excluding hydrogens is 366 g/mol. The SMILES string of the molecule is CCc1ccc(C(=O)OCC(=O)Nc2ccc(N=Nc3ccccc3)cc2)cc1. The molecule has 3 aromatic carbocycles. The van der Waals surface area contributed by atoms with Crippen LogP contribution in [-0.4, -0.2) is 18.5 Å². The van der Waals surface area contributed by atoms with Crippen molar-refractivity contribution in [3.63, 3.8) is 0 Å². The van der Waals surface area contributed by atoms with Crippen molar-refractivity contribution in [2.45, 2.75) is 13.3 Å². The number of benzene rings is 3. The van der Waals surface area contributed by atoms with Crippen LogP contribution in [0.25, 0.3) is 0 Å². The Morgan fingerprint density at radius 2 is 1.45 bits per heavy atom. The normalized spacial score (nSPS) is 10.7. The largest absolute Gasteiger partial charge is 0.452 e. The van der Waals surface area contributed by atoms with Gasteiger partial charge in [-0.15, -0.1) is 0 Å². The number of carbonyl (C=O) groups excluding carboxylic acids is 2. The molecule has 6 heteroatoms. The summed E-state index contributed by atoms with van der Waals surface area (Å²) < 4.78 is 5.06. The smallest absolute Gasteiger partial charge is 0.338 e. The van der Waals surface area contributed by atoms with Gasteiger partial charge in [0.25, 0.3) is 5.91 Å². The van der Waals surface area contributed by atoms with Crippen LogP contribution in [0.1, 0.15) is 22.8 Å². The lowest BCUT2D eigenvalue weighted by atomic mass is 10.1. The molecule has 146 valence electrons. The molecule has 1 amide bonds. The highest BCUT2D eigenvalue weighted by atomic mass is 16.5. The lowest BCUT2D eigenvalue weighted by Gasteiger charge is -2.07. The number of anilines is 1. The van der Waals surface area contributed by atoms with E-state index in [0.717, 1.165) is 17.7 Å². The molecule has 0 bridgehead atoms. The molecule has 0 fully saturated rings. The minimum atomic E-state index is -0.528. The number of rotatable bonds is 7. The lowest BCUT2D eigenvalue weighted by Crippen LogP contribution is -2.20. The van der Waals surface area contributed by atoms with Crippen LogP contribution in [0.3, 0.4) is 0 Å². The summed E-state index contributed by atoms with van der Waals surface area (Å²) in [5.41, 5.74) is 3.55. The maximum atomic E-state index is 12.0. The summed E-state index contributed by atoms with van der Waals surface area (Å²) in [7, 11) is 0. The number of aryl methyl sites for hydroxylation is 1. The van der Waals surface area contributed by atoms with E-state index in [2.05, 4.69) is 15.5 Å². The summed E-state index contributed by atoms with van der Waals surface area (Å²) in [4.78, 5) is 24.0. The van der Waals surface area contributed by atoms with Crippen molar-refractivity contribution >= 4 is 28.9 Å². The first-order valence-corrected chi connectivity index (χ1v) is 9.27. The van der Waals surface area contributed by atoms with E-state index in [1.807, 2.05) is 49.4 Å². The van der Waals surface area contributed by atoms with Crippen molar-refractivity contribution in [2.24, 2.45) is 10.2 Å². The van der Waals surface area contributed by atoms with Gasteiger partial charge in [0, 0.05) is 5.69 Å². The molecular formula is C23H21N3O3. The van der Waals surface area contributed by atoms with Crippen LogP contribution in [0.4, 0.5) is 17.1 Å². The van der Waals surface area contributed by atoms with Gasteiger partial charge in [-0.1, -0.05) is 37.3 Å². The van der Waals surface area contributed by atoms with E-state index in [1.165, 1.54) is 0 Å². The fourth-order valence-corrected chi connectivity index (χ4v) is 2.51. The Bertz CT molecular complexity index is 982. The molecule has 0 unspecified atom stereocenters. The first-order chi connectivity index (χ1) is 14.1. The first kappa shape index (κ1) is 19.9. The average Bonchev–Trinajstić information content (AvgIpc) is 2.78. The molecule has 3 rings (SSSR count). The Morgan fingerprint density at radius 3 is 2.07 bits per heavy atom. The van der Waals surface area contributed by atoms with Crippen molar-refractivity contribution in [2.75, 3.05) is 11.9 Å². The Kier molecular flexibility index (Phi) is 6.84. The van der Waals surface area contributed by atoms with Crippen LogP contribution >= 0.6 is 0 Å². The predicted molar refractivity (Wildman–Crippen MR) is 112 cm³/mol. The highest BCUT2D eigenvalue weighted by Gasteiger charge is 2.10. The molecule has 0 radical (unpaired) electrons. The summed E-state index contributed by atoms with van der Waals surface area (Å²) in [5.74, 6) is -0.943. The minimum absolute atomic E-state index is 0.357. The average molecular weight is 387 g/mol. The topological polar surface area (TPSA) is 80.1 Å². The second-order valence-electron chi connectivity index (χ2n) is 6.26. The van der Waals surface area contributed by atoms with Gasteiger partial charge >= 0.3 is 5.97 Å². The van der Waals surface area contributed by atoms with Gasteiger partial charge in [0.05, 0.1) is 16.9 Å². The van der Waals surface area contributed by atoms with E-state index in [-0.39, 0.29) is 6.61 Å². The number of ether oxygens (including phenoxy) is 1. The molecule has 29 heavy (non-hydrogen) atoms. The van der Waals surface area contributed by atoms with Gasteiger partial charge < -0.3 is 10.1 Å². The predicted octanol–water partition coefficient (Wildman–Crippen LogP) is 5.46. The molecule has 0 saturated carbocycles. The second-order valence-corrected chi connectivity index (χ2v) is 6.26. The van der Waals surface area contributed by atoms with Crippen molar-refractivity contribution in [3.8, 4) is 0 Å². The number of hydrogen-bond acceptors (Lipinski definition) is 5. The van der Waals surface area contributed by atoms with Crippen molar-refractivity contribution < 1.29 is 14.3 Å². The van der Waals surface area contributed by atoms with Gasteiger partial charge in [-0.25, -0.2) is 4.79 Å². The number of azo groups is 1. The quantitative estimate of drug-likeness (QED) is 0.432. The zero-order valence-corrected chi connectivity index (χ0v) is 16.0. The van der Waals surface area contributed by atoms with E-state index in [0.29, 0.717) is 16.9 Å². The third-order valence-corrected chi connectivity index (χ3v) is 4.12. The summed E-state index contributed by atoms with van der Waals surface area (Å²) in [6, 6.07) is 23.4. The van der Waals surface area contributed by atoms with Gasteiger partial charge in [-0.2, -0.15) is 10.2 Å². The fourth-order valence-electron chi connectivity index (χ4n) is 2.51. The number of esters is 1. The van der Waals surface area contributed by atoms with Crippen LogP contribution in [-0.2, 0) is 16.0 Å². The van der Waals surface area contributed by atoms with E-state index in [4.69, 9.17) is 4.74 Å².